The molecule has 27 heavy (non-hydrogen) atoms. The Balaban J connectivity index is 3.11. The number of carbonyl (C=O) groups is 1. The fraction of sp³-hybridized carbons (Fsp3) is 0.412. The number of amidine groups is 1. The summed E-state index contributed by atoms with van der Waals surface area (Å²) in [5, 5.41) is 10.5. The lowest BCUT2D eigenvalue weighted by molar-refractivity contribution is -0.141. The molecule has 0 aromatic heterocycles. The highest BCUT2D eigenvalue weighted by atomic mass is 19.4. The van der Waals surface area contributed by atoms with Crippen LogP contribution in [0.15, 0.2) is 45.8 Å². The number of halogens is 3. The maximum Gasteiger partial charge on any atom is 0.416 e. The van der Waals surface area contributed by atoms with Crippen LogP contribution in [0.1, 0.15) is 38.8 Å². The summed E-state index contributed by atoms with van der Waals surface area (Å²) in [6, 6.07) is 3.02. The molecule has 0 unspecified atom stereocenters. The van der Waals surface area contributed by atoms with Gasteiger partial charge in [0, 0.05) is 11.6 Å². The van der Waals surface area contributed by atoms with Crippen molar-refractivity contribution >= 4 is 11.8 Å². The monoisotopic (exact) mass is 386 g/mol. The number of benzene rings is 1. The lowest BCUT2D eigenvalue weighted by Crippen LogP contribution is -2.11. The first-order valence-electron chi connectivity index (χ1n) is 7.98. The average molecular weight is 386 g/mol. The van der Waals surface area contributed by atoms with E-state index < -0.39 is 17.7 Å². The van der Waals surface area contributed by atoms with Gasteiger partial charge in [-0.15, -0.1) is 5.11 Å². The third kappa shape index (κ3) is 7.89. The number of ether oxygens (including phenoxy) is 2. The van der Waals surface area contributed by atoms with E-state index in [9.17, 15) is 18.0 Å². The minimum absolute atomic E-state index is 0.0118. The topological polar surface area (TPSA) is 98.6 Å². The van der Waals surface area contributed by atoms with Crippen molar-refractivity contribution in [1.82, 2.24) is 0 Å². The molecule has 1 rings (SSSR count). The molecule has 1 aromatic carbocycles. The van der Waals surface area contributed by atoms with E-state index in [2.05, 4.69) is 15.3 Å². The Kier molecular flexibility index (Phi) is 7.95. The Morgan fingerprint density at radius 2 is 1.81 bits per heavy atom. The molecule has 0 aliphatic rings. The summed E-state index contributed by atoms with van der Waals surface area (Å²) in [7, 11) is 0. The van der Waals surface area contributed by atoms with E-state index in [0.717, 1.165) is 24.4 Å². The molecule has 10 heteroatoms. The maximum atomic E-state index is 13.1. The van der Waals surface area contributed by atoms with Gasteiger partial charge in [0.1, 0.15) is 5.75 Å². The van der Waals surface area contributed by atoms with E-state index in [1.165, 1.54) is 6.07 Å². The highest BCUT2D eigenvalue weighted by Gasteiger charge is 2.32. The summed E-state index contributed by atoms with van der Waals surface area (Å²) >= 11 is 0. The van der Waals surface area contributed by atoms with E-state index in [4.69, 9.17) is 15.3 Å². The fourth-order valence-electron chi connectivity index (χ4n) is 1.84. The number of hydrogen-bond donors (Lipinski definition) is 1. The number of nitrogens with zero attached hydrogens (tertiary/aromatic N) is 3. The van der Waals surface area contributed by atoms with E-state index in [1.54, 1.807) is 27.7 Å². The Hall–Kier alpha value is -2.91. The standard InChI is InChI=1S/C17H21F3N4O3/c1-10(2)26-14-8-12(7-13(9-14)17(18,19)20)16(23-21)24-22-6-5-15(25)27-11(3)4/h5-11H,21H2,1-4H3/b6-5-,23-16?,24-22?. The molecule has 0 amide bonds. The number of hydrogen-bond acceptors (Lipinski definition) is 6. The normalized spacial score (nSPS) is 13.1. The number of esters is 1. The molecule has 0 aliphatic heterocycles. The van der Waals surface area contributed by atoms with Crippen molar-refractivity contribution in [2.75, 3.05) is 0 Å². The van der Waals surface area contributed by atoms with Gasteiger partial charge >= 0.3 is 12.1 Å². The molecule has 0 spiro atoms. The largest absolute Gasteiger partial charge is 0.491 e. The smallest absolute Gasteiger partial charge is 0.416 e. The minimum atomic E-state index is -4.59. The lowest BCUT2D eigenvalue weighted by Gasteiger charge is -2.14. The predicted molar refractivity (Wildman–Crippen MR) is 93.2 cm³/mol. The number of alkyl halides is 3. The second kappa shape index (κ2) is 9.70. The Morgan fingerprint density at radius 3 is 2.33 bits per heavy atom. The number of rotatable bonds is 6. The van der Waals surface area contributed by atoms with E-state index in [-0.39, 0.29) is 29.4 Å². The fourth-order valence-corrected chi connectivity index (χ4v) is 1.84. The molecule has 1 aromatic rings. The van der Waals surface area contributed by atoms with Gasteiger partial charge in [0.25, 0.3) is 0 Å². The van der Waals surface area contributed by atoms with Gasteiger partial charge in [-0.1, -0.05) is 0 Å². The molecule has 0 saturated heterocycles. The average Bonchev–Trinajstić information content (AvgIpc) is 2.52. The van der Waals surface area contributed by atoms with Crippen LogP contribution in [0.5, 0.6) is 5.75 Å². The third-order valence-electron chi connectivity index (χ3n) is 2.77. The van der Waals surface area contributed by atoms with Crippen LogP contribution in [-0.2, 0) is 15.7 Å². The zero-order chi connectivity index (χ0) is 20.6. The van der Waals surface area contributed by atoms with Gasteiger partial charge < -0.3 is 15.3 Å². The van der Waals surface area contributed by atoms with Gasteiger partial charge in [-0.2, -0.15) is 23.4 Å². The summed E-state index contributed by atoms with van der Waals surface area (Å²) in [6.07, 6.45) is -3.20. The van der Waals surface area contributed by atoms with Crippen molar-refractivity contribution in [3.8, 4) is 5.75 Å². The van der Waals surface area contributed by atoms with Crippen molar-refractivity contribution in [1.29, 1.82) is 0 Å². The zero-order valence-corrected chi connectivity index (χ0v) is 15.3. The molecular weight excluding hydrogens is 365 g/mol. The van der Waals surface area contributed by atoms with Crippen LogP contribution in [0.2, 0.25) is 0 Å². The molecule has 0 bridgehead atoms. The van der Waals surface area contributed by atoms with Crippen LogP contribution < -0.4 is 10.6 Å². The molecule has 7 nitrogen and oxygen atoms in total. The van der Waals surface area contributed by atoms with E-state index >= 15 is 0 Å². The third-order valence-corrected chi connectivity index (χ3v) is 2.77. The minimum Gasteiger partial charge on any atom is -0.491 e. The van der Waals surface area contributed by atoms with Crippen LogP contribution in [-0.4, -0.2) is 24.0 Å². The van der Waals surface area contributed by atoms with Crippen LogP contribution in [0.25, 0.3) is 0 Å². The first kappa shape index (κ1) is 22.1. The van der Waals surface area contributed by atoms with Crippen LogP contribution in [0, 0.1) is 0 Å². The molecule has 0 aliphatic carbocycles. The molecule has 0 heterocycles. The highest BCUT2D eigenvalue weighted by Crippen LogP contribution is 2.33. The number of carbonyl (C=O) groups excluding carboxylic acids is 1. The van der Waals surface area contributed by atoms with E-state index in [0.29, 0.717) is 0 Å². The van der Waals surface area contributed by atoms with Gasteiger partial charge in [0.2, 0.25) is 5.84 Å². The Morgan fingerprint density at radius 1 is 1.15 bits per heavy atom. The number of azo groups is 1. The summed E-state index contributed by atoms with van der Waals surface area (Å²) < 4.78 is 49.5. The van der Waals surface area contributed by atoms with Crippen molar-refractivity contribution in [2.45, 2.75) is 46.1 Å². The maximum absolute atomic E-state index is 13.1. The zero-order valence-electron chi connectivity index (χ0n) is 15.3. The van der Waals surface area contributed by atoms with Crippen molar-refractivity contribution in [3.05, 3.63) is 41.6 Å². The second-order valence-corrected chi connectivity index (χ2v) is 5.88. The first-order chi connectivity index (χ1) is 12.5. The van der Waals surface area contributed by atoms with Crippen LogP contribution in [0.3, 0.4) is 0 Å². The number of nitrogens with two attached hydrogens (primary N) is 1. The molecule has 0 radical (unpaired) electrons. The summed E-state index contributed by atoms with van der Waals surface area (Å²) in [5.74, 6) is 4.30. The second-order valence-electron chi connectivity index (χ2n) is 5.88. The van der Waals surface area contributed by atoms with Gasteiger partial charge in [-0.25, -0.2) is 4.79 Å². The molecule has 0 atom stereocenters. The lowest BCUT2D eigenvalue weighted by atomic mass is 10.1. The Bertz CT molecular complexity index is 741. The van der Waals surface area contributed by atoms with Crippen LogP contribution >= 0.6 is 0 Å². The van der Waals surface area contributed by atoms with Crippen LogP contribution in [0.4, 0.5) is 13.2 Å². The van der Waals surface area contributed by atoms with Crippen molar-refractivity contribution < 1.29 is 27.4 Å². The SMILES string of the molecule is CC(C)OC(=O)/C=C\N=NC(=NN)c1cc(OC(C)C)cc(C(F)(F)F)c1. The Labute approximate surface area is 154 Å². The van der Waals surface area contributed by atoms with Crippen molar-refractivity contribution in [3.63, 3.8) is 0 Å². The molecule has 0 saturated carbocycles. The van der Waals surface area contributed by atoms with Gasteiger partial charge in [-0.3, -0.25) is 0 Å². The molecule has 2 N–H and O–H groups in total. The predicted octanol–water partition coefficient (Wildman–Crippen LogP) is 4.03. The number of hydrazone groups is 1. The van der Waals surface area contributed by atoms with Crippen molar-refractivity contribution in [2.24, 2.45) is 21.2 Å². The van der Waals surface area contributed by atoms with Gasteiger partial charge in [-0.05, 0) is 45.9 Å². The molecule has 0 fully saturated rings. The van der Waals surface area contributed by atoms with E-state index in [1.807, 2.05) is 0 Å². The molecular formula is C17H21F3N4O3. The van der Waals surface area contributed by atoms with Gasteiger partial charge in [0.05, 0.1) is 24.0 Å². The van der Waals surface area contributed by atoms with Gasteiger partial charge in [0.15, 0.2) is 0 Å². The first-order valence-corrected chi connectivity index (χ1v) is 7.98. The summed E-state index contributed by atoms with van der Waals surface area (Å²) in [5.41, 5.74) is -0.979. The quantitative estimate of drug-likeness (QED) is 0.152. The molecule has 148 valence electrons. The summed E-state index contributed by atoms with van der Waals surface area (Å²) in [6.45, 7) is 6.71. The highest BCUT2D eigenvalue weighted by molar-refractivity contribution is 5.99. The summed E-state index contributed by atoms with van der Waals surface area (Å²) in [4.78, 5) is 11.3.